The van der Waals surface area contributed by atoms with Gasteiger partial charge < -0.3 is 9.47 Å². The highest BCUT2D eigenvalue weighted by atomic mass is 79.9. The van der Waals surface area contributed by atoms with Gasteiger partial charge in [0.15, 0.2) is 0 Å². The summed E-state index contributed by atoms with van der Waals surface area (Å²) >= 11 is 3.46. The van der Waals surface area contributed by atoms with Crippen molar-refractivity contribution in [3.05, 3.63) is 58.1 Å². The van der Waals surface area contributed by atoms with Crippen molar-refractivity contribution in [1.29, 1.82) is 0 Å². The number of unbranched alkanes of at least 4 members (excludes halogenated alkanes) is 1. The van der Waals surface area contributed by atoms with E-state index in [1.54, 1.807) is 18.2 Å². The molecule has 0 unspecified atom stereocenters. The van der Waals surface area contributed by atoms with Crippen LogP contribution in [0, 0.1) is 0 Å². The van der Waals surface area contributed by atoms with Gasteiger partial charge in [-0.15, -0.1) is 0 Å². The first-order valence-electron chi connectivity index (χ1n) is 9.12. The first-order valence-corrected chi connectivity index (χ1v) is 9.91. The van der Waals surface area contributed by atoms with E-state index in [-0.39, 0.29) is 11.4 Å². The van der Waals surface area contributed by atoms with Crippen LogP contribution in [0.3, 0.4) is 0 Å². The van der Waals surface area contributed by atoms with E-state index in [9.17, 15) is 4.79 Å². The van der Waals surface area contributed by atoms with Crippen molar-refractivity contribution in [3.63, 3.8) is 0 Å². The largest absolute Gasteiger partial charge is 0.492 e. The molecule has 2 aromatic carbocycles. The second kappa shape index (κ2) is 9.22. The number of hydrogen-bond donors (Lipinski definition) is 0. The maximum atomic E-state index is 12.4. The Balaban J connectivity index is 2.04. The molecule has 0 radical (unpaired) electrons. The maximum absolute atomic E-state index is 12.4. The molecule has 0 saturated heterocycles. The molecule has 3 nitrogen and oxygen atoms in total. The van der Waals surface area contributed by atoms with Crippen molar-refractivity contribution < 1.29 is 14.3 Å². The molecule has 0 N–H and O–H groups in total. The zero-order valence-electron chi connectivity index (χ0n) is 16.0. The number of rotatable bonds is 8. The molecule has 0 heterocycles. The van der Waals surface area contributed by atoms with Crippen molar-refractivity contribution in [1.82, 2.24) is 0 Å². The Morgan fingerprint density at radius 1 is 1.08 bits per heavy atom. The summed E-state index contributed by atoms with van der Waals surface area (Å²) in [6.07, 6.45) is 3.13. The third-order valence-corrected chi connectivity index (χ3v) is 5.27. The second-order valence-electron chi connectivity index (χ2n) is 7.00. The lowest BCUT2D eigenvalue weighted by atomic mass is 9.82. The number of esters is 1. The summed E-state index contributed by atoms with van der Waals surface area (Å²) in [7, 11) is 0. The lowest BCUT2D eigenvalue weighted by molar-refractivity contribution is 0.0734. The molecule has 0 atom stereocenters. The van der Waals surface area contributed by atoms with Gasteiger partial charge >= 0.3 is 5.97 Å². The average molecular weight is 419 g/mol. The minimum absolute atomic E-state index is 0.112. The molecular weight excluding hydrogens is 392 g/mol. The predicted octanol–water partition coefficient (Wildman–Crippen LogP) is 6.53. The average Bonchev–Trinajstić information content (AvgIpc) is 2.63. The summed E-state index contributed by atoms with van der Waals surface area (Å²) < 4.78 is 11.9. The number of ether oxygens (including phenoxy) is 2. The minimum atomic E-state index is -0.381. The van der Waals surface area contributed by atoms with Crippen LogP contribution in [0.25, 0.3) is 0 Å². The fourth-order valence-electron chi connectivity index (χ4n) is 2.42. The SMILES string of the molecule is CCCCOc1ccc(C(=O)Oc2ccc(C(C)(C)CC)cc2)cc1Br. The Hall–Kier alpha value is -1.81. The van der Waals surface area contributed by atoms with Crippen molar-refractivity contribution in [2.75, 3.05) is 6.61 Å². The molecule has 0 amide bonds. The standard InChI is InChI=1S/C22H27BrO3/c1-5-7-14-25-20-13-8-16(15-19(20)23)21(24)26-18-11-9-17(10-12-18)22(3,4)6-2/h8-13,15H,5-7,14H2,1-4H3. The quantitative estimate of drug-likeness (QED) is 0.277. The number of hydrogen-bond acceptors (Lipinski definition) is 3. The molecule has 26 heavy (non-hydrogen) atoms. The van der Waals surface area contributed by atoms with Gasteiger partial charge in [-0.3, -0.25) is 0 Å². The van der Waals surface area contributed by atoms with E-state index in [0.717, 1.165) is 29.5 Å². The summed E-state index contributed by atoms with van der Waals surface area (Å²) in [6.45, 7) is 9.36. The molecular formula is C22H27BrO3. The van der Waals surface area contributed by atoms with Crippen molar-refractivity contribution >= 4 is 21.9 Å². The Labute approximate surface area is 164 Å². The molecule has 0 saturated carbocycles. The van der Waals surface area contributed by atoms with Crippen LogP contribution in [0.15, 0.2) is 46.9 Å². The van der Waals surface area contributed by atoms with Crippen molar-refractivity contribution in [2.24, 2.45) is 0 Å². The first kappa shape index (κ1) is 20.5. The molecule has 4 heteroatoms. The number of carbonyl (C=O) groups excluding carboxylic acids is 1. The number of benzene rings is 2. The van der Waals surface area contributed by atoms with Gasteiger partial charge in [-0.25, -0.2) is 4.79 Å². The molecule has 0 aliphatic heterocycles. The van der Waals surface area contributed by atoms with E-state index in [2.05, 4.69) is 43.6 Å². The summed E-state index contributed by atoms with van der Waals surface area (Å²) in [6, 6.07) is 13.0. The predicted molar refractivity (Wildman–Crippen MR) is 109 cm³/mol. The van der Waals surface area contributed by atoms with E-state index >= 15 is 0 Å². The topological polar surface area (TPSA) is 35.5 Å². The summed E-state index contributed by atoms with van der Waals surface area (Å²) in [5.41, 5.74) is 1.83. The van der Waals surface area contributed by atoms with E-state index in [1.165, 1.54) is 5.56 Å². The van der Waals surface area contributed by atoms with Gasteiger partial charge in [0.2, 0.25) is 0 Å². The zero-order valence-corrected chi connectivity index (χ0v) is 17.6. The molecule has 2 aromatic rings. The van der Waals surface area contributed by atoms with Crippen LogP contribution in [0.1, 0.15) is 62.9 Å². The molecule has 140 valence electrons. The molecule has 0 spiro atoms. The fraction of sp³-hybridized carbons (Fsp3) is 0.409. The third kappa shape index (κ3) is 5.34. The van der Waals surface area contributed by atoms with Gasteiger partial charge in [-0.2, -0.15) is 0 Å². The van der Waals surface area contributed by atoms with E-state index < -0.39 is 0 Å². The lowest BCUT2D eigenvalue weighted by Crippen LogP contribution is -2.15. The van der Waals surface area contributed by atoms with Crippen LogP contribution >= 0.6 is 15.9 Å². The Bertz CT molecular complexity index is 736. The van der Waals surface area contributed by atoms with Gasteiger partial charge in [0.05, 0.1) is 16.6 Å². The van der Waals surface area contributed by atoms with Crippen LogP contribution in [0.4, 0.5) is 0 Å². The molecule has 2 rings (SSSR count). The fourth-order valence-corrected chi connectivity index (χ4v) is 2.91. The number of carbonyl (C=O) groups is 1. The minimum Gasteiger partial charge on any atom is -0.492 e. The molecule has 0 aromatic heterocycles. The highest BCUT2D eigenvalue weighted by Gasteiger charge is 2.18. The maximum Gasteiger partial charge on any atom is 0.343 e. The van der Waals surface area contributed by atoms with Crippen LogP contribution in [-0.4, -0.2) is 12.6 Å². The molecule has 0 bridgehead atoms. The van der Waals surface area contributed by atoms with Gasteiger partial charge in [-0.1, -0.05) is 46.2 Å². The molecule has 0 fully saturated rings. The van der Waals surface area contributed by atoms with Gasteiger partial charge in [0.1, 0.15) is 11.5 Å². The smallest absolute Gasteiger partial charge is 0.343 e. The van der Waals surface area contributed by atoms with E-state index in [1.807, 2.05) is 24.3 Å². The summed E-state index contributed by atoms with van der Waals surface area (Å²) in [5, 5.41) is 0. The third-order valence-electron chi connectivity index (χ3n) is 4.65. The Morgan fingerprint density at radius 3 is 2.35 bits per heavy atom. The Kier molecular flexibility index (Phi) is 7.27. The Morgan fingerprint density at radius 2 is 1.77 bits per heavy atom. The molecule has 0 aliphatic carbocycles. The van der Waals surface area contributed by atoms with Gasteiger partial charge in [0, 0.05) is 0 Å². The zero-order chi connectivity index (χ0) is 19.2. The summed E-state index contributed by atoms with van der Waals surface area (Å²) in [5.74, 6) is 0.902. The first-order chi connectivity index (χ1) is 12.4. The highest BCUT2D eigenvalue weighted by molar-refractivity contribution is 9.10. The van der Waals surface area contributed by atoms with Crippen LogP contribution in [0.5, 0.6) is 11.5 Å². The summed E-state index contributed by atoms with van der Waals surface area (Å²) in [4.78, 5) is 12.4. The van der Waals surface area contributed by atoms with Gasteiger partial charge in [-0.05, 0) is 70.1 Å². The van der Waals surface area contributed by atoms with Crippen molar-refractivity contribution in [2.45, 2.75) is 52.4 Å². The normalized spacial score (nSPS) is 11.3. The van der Waals surface area contributed by atoms with E-state index in [0.29, 0.717) is 17.9 Å². The second-order valence-corrected chi connectivity index (χ2v) is 7.85. The highest BCUT2D eigenvalue weighted by Crippen LogP contribution is 2.29. The van der Waals surface area contributed by atoms with Gasteiger partial charge in [0.25, 0.3) is 0 Å². The number of halogens is 1. The van der Waals surface area contributed by atoms with E-state index in [4.69, 9.17) is 9.47 Å². The van der Waals surface area contributed by atoms with Crippen molar-refractivity contribution in [3.8, 4) is 11.5 Å². The molecule has 0 aliphatic rings. The monoisotopic (exact) mass is 418 g/mol. The lowest BCUT2D eigenvalue weighted by Gasteiger charge is -2.23. The van der Waals surface area contributed by atoms with Crippen LogP contribution in [-0.2, 0) is 5.41 Å². The van der Waals surface area contributed by atoms with Crippen LogP contribution in [0.2, 0.25) is 0 Å². The van der Waals surface area contributed by atoms with Crippen LogP contribution < -0.4 is 9.47 Å².